The number of allylic oxidation sites excluding steroid dienone is 1. The number of aromatic nitrogens is 2. The van der Waals surface area contributed by atoms with Crippen LogP contribution in [0.3, 0.4) is 0 Å². The predicted molar refractivity (Wildman–Crippen MR) is 51.4 cm³/mol. The minimum absolute atomic E-state index is 0.649. The van der Waals surface area contributed by atoms with E-state index >= 15 is 0 Å². The number of aromatic amines is 1. The van der Waals surface area contributed by atoms with Gasteiger partial charge in [0, 0.05) is 30.1 Å². The summed E-state index contributed by atoms with van der Waals surface area (Å²) in [6, 6.07) is 0. The molecule has 6 heteroatoms. The highest BCUT2D eigenvalue weighted by atomic mass is 16.4. The Labute approximate surface area is 84.9 Å². The highest BCUT2D eigenvalue weighted by Crippen LogP contribution is 2.27. The zero-order valence-corrected chi connectivity index (χ0v) is 7.69. The van der Waals surface area contributed by atoms with Crippen molar-refractivity contribution in [3.63, 3.8) is 0 Å². The van der Waals surface area contributed by atoms with Crippen LogP contribution in [0.4, 0.5) is 4.79 Å². The first-order chi connectivity index (χ1) is 7.24. The third-order valence-corrected chi connectivity index (χ3v) is 2.45. The van der Waals surface area contributed by atoms with E-state index in [1.807, 2.05) is 0 Å². The van der Waals surface area contributed by atoms with Gasteiger partial charge in [0.2, 0.25) is 0 Å². The number of nitrogens with zero attached hydrogens (tertiary/aromatic N) is 2. The Balaban J connectivity index is 2.12. The summed E-state index contributed by atoms with van der Waals surface area (Å²) in [6.45, 7) is 0. The molecule has 6 nitrogen and oxygen atoms in total. The fourth-order valence-electron chi connectivity index (χ4n) is 1.79. The van der Waals surface area contributed by atoms with Gasteiger partial charge in [0.25, 0.3) is 0 Å². The summed E-state index contributed by atoms with van der Waals surface area (Å²) < 4.78 is 0. The van der Waals surface area contributed by atoms with Crippen molar-refractivity contribution >= 4 is 11.8 Å². The monoisotopic (exact) mass is 204 g/mol. The number of rotatable bonds is 0. The lowest BCUT2D eigenvalue weighted by Crippen LogP contribution is -2.31. The number of nitrogens with one attached hydrogen (secondary N) is 2. The Morgan fingerprint density at radius 2 is 2.40 bits per heavy atom. The molecule has 1 aromatic heterocycles. The van der Waals surface area contributed by atoms with Crippen molar-refractivity contribution in [2.24, 2.45) is 0 Å². The number of hydrogen-bond donors (Lipinski definition) is 3. The second kappa shape index (κ2) is 2.63. The summed E-state index contributed by atoms with van der Waals surface area (Å²) in [4.78, 5) is 12.0. The van der Waals surface area contributed by atoms with Crippen LogP contribution in [0.1, 0.15) is 11.3 Å². The first-order valence-corrected chi connectivity index (χ1v) is 4.47. The van der Waals surface area contributed by atoms with Crippen LogP contribution in [-0.4, -0.2) is 26.3 Å². The van der Waals surface area contributed by atoms with E-state index in [1.165, 1.54) is 0 Å². The normalized spacial score (nSPS) is 17.5. The molecule has 0 saturated carbocycles. The van der Waals surface area contributed by atoms with Crippen molar-refractivity contribution in [2.45, 2.75) is 6.42 Å². The topological polar surface area (TPSA) is 81.2 Å². The molecule has 1 amide bonds. The van der Waals surface area contributed by atoms with Gasteiger partial charge in [-0.05, 0) is 0 Å². The smallest absolute Gasteiger partial charge is 0.415 e. The van der Waals surface area contributed by atoms with E-state index in [9.17, 15) is 4.79 Å². The van der Waals surface area contributed by atoms with Crippen molar-refractivity contribution in [1.82, 2.24) is 20.4 Å². The molecule has 0 fully saturated rings. The SMILES string of the molecule is O=C(O)N1C=C2Cc3[nH]ncc3C(=C1)N2. The number of carboxylic acid groups (broad SMARTS) is 1. The fraction of sp³-hybridized carbons (Fsp3) is 0.111. The molecule has 2 bridgehead atoms. The van der Waals surface area contributed by atoms with Gasteiger partial charge in [-0.1, -0.05) is 0 Å². The van der Waals surface area contributed by atoms with Crippen LogP contribution < -0.4 is 5.32 Å². The second-order valence-electron chi connectivity index (χ2n) is 3.45. The summed E-state index contributed by atoms with van der Waals surface area (Å²) in [5.74, 6) is 0. The first-order valence-electron chi connectivity index (χ1n) is 4.47. The number of H-pyrrole nitrogens is 1. The van der Waals surface area contributed by atoms with Crippen LogP contribution in [-0.2, 0) is 6.42 Å². The van der Waals surface area contributed by atoms with E-state index in [2.05, 4.69) is 15.5 Å². The minimum Gasteiger partial charge on any atom is -0.464 e. The molecular formula is C9H8N4O2. The molecule has 3 rings (SSSR count). The highest BCUT2D eigenvalue weighted by molar-refractivity contribution is 5.77. The molecule has 0 aliphatic carbocycles. The van der Waals surface area contributed by atoms with Crippen LogP contribution in [0.25, 0.3) is 5.70 Å². The summed E-state index contributed by atoms with van der Waals surface area (Å²) in [7, 11) is 0. The van der Waals surface area contributed by atoms with Crippen LogP contribution in [0.2, 0.25) is 0 Å². The van der Waals surface area contributed by atoms with Crippen LogP contribution >= 0.6 is 0 Å². The Kier molecular flexibility index (Phi) is 1.42. The maximum Gasteiger partial charge on any atom is 0.415 e. The molecule has 0 spiro atoms. The molecule has 3 N–H and O–H groups in total. The highest BCUT2D eigenvalue weighted by Gasteiger charge is 2.24. The molecule has 0 unspecified atom stereocenters. The maximum atomic E-state index is 10.8. The number of hydrogen-bond acceptors (Lipinski definition) is 3. The van der Waals surface area contributed by atoms with Gasteiger partial charge in [-0.2, -0.15) is 5.10 Å². The average Bonchev–Trinajstić information content (AvgIpc) is 2.65. The summed E-state index contributed by atoms with van der Waals surface area (Å²) in [6.07, 6.45) is 4.46. The number of fused-ring (bicyclic) bond motifs is 4. The van der Waals surface area contributed by atoms with Crippen molar-refractivity contribution in [3.05, 3.63) is 35.6 Å². The Morgan fingerprint density at radius 3 is 3.20 bits per heavy atom. The molecule has 0 atom stereocenters. The number of carbonyl (C=O) groups is 1. The molecule has 2 aliphatic rings. The van der Waals surface area contributed by atoms with E-state index in [1.54, 1.807) is 18.6 Å². The summed E-state index contributed by atoms with van der Waals surface area (Å²) >= 11 is 0. The quantitative estimate of drug-likeness (QED) is 0.580. The average molecular weight is 204 g/mol. The minimum atomic E-state index is -0.988. The molecule has 76 valence electrons. The molecule has 15 heavy (non-hydrogen) atoms. The van der Waals surface area contributed by atoms with Gasteiger partial charge in [-0.25, -0.2) is 4.79 Å². The first kappa shape index (κ1) is 8.10. The predicted octanol–water partition coefficient (Wildman–Crippen LogP) is 0.689. The third-order valence-electron chi connectivity index (χ3n) is 2.45. The van der Waals surface area contributed by atoms with E-state index in [0.717, 1.165) is 27.6 Å². The number of amides is 1. The largest absolute Gasteiger partial charge is 0.464 e. The van der Waals surface area contributed by atoms with Crippen LogP contribution in [0.15, 0.2) is 24.3 Å². The lowest BCUT2D eigenvalue weighted by atomic mass is 10.0. The van der Waals surface area contributed by atoms with Gasteiger partial charge < -0.3 is 10.4 Å². The Bertz CT molecular complexity index is 500. The molecule has 0 aromatic carbocycles. The molecular weight excluding hydrogens is 196 g/mol. The van der Waals surface area contributed by atoms with E-state index in [-0.39, 0.29) is 0 Å². The van der Waals surface area contributed by atoms with E-state index in [0.29, 0.717) is 6.42 Å². The molecule has 3 heterocycles. The van der Waals surface area contributed by atoms with Gasteiger partial charge >= 0.3 is 6.09 Å². The Morgan fingerprint density at radius 1 is 1.53 bits per heavy atom. The van der Waals surface area contributed by atoms with Crippen molar-refractivity contribution in [3.8, 4) is 0 Å². The van der Waals surface area contributed by atoms with Crippen LogP contribution in [0.5, 0.6) is 0 Å². The molecule has 2 aliphatic heterocycles. The lowest BCUT2D eigenvalue weighted by molar-refractivity contribution is 0.174. The lowest BCUT2D eigenvalue weighted by Gasteiger charge is -2.27. The van der Waals surface area contributed by atoms with Crippen molar-refractivity contribution in [2.75, 3.05) is 0 Å². The van der Waals surface area contributed by atoms with E-state index in [4.69, 9.17) is 5.11 Å². The zero-order chi connectivity index (χ0) is 10.4. The van der Waals surface area contributed by atoms with Crippen molar-refractivity contribution < 1.29 is 9.90 Å². The second-order valence-corrected chi connectivity index (χ2v) is 3.45. The zero-order valence-electron chi connectivity index (χ0n) is 7.69. The standard InChI is InChI=1S/C9H8N4O2/c14-9(15)13-3-5-1-7-6(2-10-12-7)8(4-13)11-5/h2-4,11H,1H2,(H,10,12)(H,14,15). The van der Waals surface area contributed by atoms with Gasteiger partial charge in [0.1, 0.15) is 0 Å². The fourth-order valence-corrected chi connectivity index (χ4v) is 1.79. The van der Waals surface area contributed by atoms with Gasteiger partial charge in [0.05, 0.1) is 17.6 Å². The van der Waals surface area contributed by atoms with Gasteiger partial charge in [-0.15, -0.1) is 0 Å². The molecule has 0 saturated heterocycles. The molecule has 0 radical (unpaired) electrons. The van der Waals surface area contributed by atoms with Gasteiger partial charge in [0.15, 0.2) is 0 Å². The maximum absolute atomic E-state index is 10.8. The van der Waals surface area contributed by atoms with E-state index < -0.39 is 6.09 Å². The summed E-state index contributed by atoms with van der Waals surface area (Å²) in [5, 5.41) is 18.8. The summed E-state index contributed by atoms with van der Waals surface area (Å²) in [5.41, 5.74) is 3.56. The van der Waals surface area contributed by atoms with Crippen molar-refractivity contribution in [1.29, 1.82) is 0 Å². The molecule has 1 aromatic rings. The van der Waals surface area contributed by atoms with Crippen LogP contribution in [0, 0.1) is 0 Å². The van der Waals surface area contributed by atoms with Gasteiger partial charge in [-0.3, -0.25) is 10.00 Å². The Hall–Kier alpha value is -2.24. The third kappa shape index (κ3) is 1.11.